The summed E-state index contributed by atoms with van der Waals surface area (Å²) in [5.74, 6) is 1.10. The zero-order valence-corrected chi connectivity index (χ0v) is 19.0. The van der Waals surface area contributed by atoms with Crippen molar-refractivity contribution in [1.82, 2.24) is 0 Å². The van der Waals surface area contributed by atoms with Crippen LogP contribution < -0.4 is 9.47 Å². The molecule has 0 fully saturated rings. The third kappa shape index (κ3) is 5.05. The number of hydrogen-bond donors (Lipinski definition) is 2. The molecule has 167 valence electrons. The number of rotatable bonds is 7. The molecule has 5 nitrogen and oxygen atoms in total. The van der Waals surface area contributed by atoms with Crippen LogP contribution in [-0.4, -0.2) is 36.7 Å². The van der Waals surface area contributed by atoms with E-state index < -0.39 is 11.6 Å². The number of halogens is 1. The summed E-state index contributed by atoms with van der Waals surface area (Å²) in [7, 11) is 3.11. The molecule has 3 aromatic rings. The van der Waals surface area contributed by atoms with Crippen molar-refractivity contribution in [1.29, 1.82) is 0 Å². The van der Waals surface area contributed by atoms with Gasteiger partial charge >= 0.3 is 0 Å². The van der Waals surface area contributed by atoms with E-state index in [4.69, 9.17) is 21.1 Å². The van der Waals surface area contributed by atoms with Gasteiger partial charge in [-0.25, -0.2) is 0 Å². The number of para-hydroxylation sites is 2. The maximum absolute atomic E-state index is 12.1. The Morgan fingerprint density at radius 3 is 1.97 bits per heavy atom. The predicted molar refractivity (Wildman–Crippen MR) is 119 cm³/mol. The fourth-order valence-corrected chi connectivity index (χ4v) is 3.62. The molecule has 3 aromatic carbocycles. The van der Waals surface area contributed by atoms with Crippen molar-refractivity contribution in [2.75, 3.05) is 14.2 Å². The first-order valence-corrected chi connectivity index (χ1v) is 9.80. The number of phenols is 1. The van der Waals surface area contributed by atoms with Gasteiger partial charge in [-0.2, -0.15) is 0 Å². The first-order valence-electron chi connectivity index (χ1n) is 9.42. The molecule has 0 saturated carbocycles. The molecular weight excluding hydrogens is 465 g/mol. The average molecular weight is 489 g/mol. The number of benzene rings is 3. The smallest absolute Gasteiger partial charge is 0.144 e. The van der Waals surface area contributed by atoms with Crippen molar-refractivity contribution in [2.45, 2.75) is 18.6 Å². The van der Waals surface area contributed by atoms with Gasteiger partial charge in [0.1, 0.15) is 22.8 Å². The summed E-state index contributed by atoms with van der Waals surface area (Å²) in [5, 5.41) is 22.7. The zero-order valence-electron chi connectivity index (χ0n) is 17.3. The Hall–Kier alpha value is -2.50. The molecule has 2 N–H and O–H groups in total. The van der Waals surface area contributed by atoms with E-state index >= 15 is 0 Å². The van der Waals surface area contributed by atoms with E-state index in [0.717, 1.165) is 0 Å². The third-order valence-corrected chi connectivity index (χ3v) is 5.30. The zero-order chi connectivity index (χ0) is 21.7. The summed E-state index contributed by atoms with van der Waals surface area (Å²) in [6, 6.07) is 18.5. The quantitative estimate of drug-likeness (QED) is 0.369. The topological polar surface area (TPSA) is 71.3 Å². The van der Waals surface area contributed by atoms with Gasteiger partial charge in [0.05, 0.1) is 20.3 Å². The van der Waals surface area contributed by atoms with Gasteiger partial charge in [-0.15, -0.1) is 0 Å². The van der Waals surface area contributed by atoms with Crippen molar-refractivity contribution in [2.24, 2.45) is 4.99 Å². The standard InChI is InChI=1S/C24H24ClNO4.Cu/c1-16(26-15-17-14-18(25)12-13-21(17)27)24(28,19-8-4-6-10-22(19)29-2)20-9-5-7-11-23(20)30-3;/h4-16,27-28H,1-3H3;/t16-;/m1./s1. The van der Waals surface area contributed by atoms with Gasteiger partial charge in [0.25, 0.3) is 0 Å². The van der Waals surface area contributed by atoms with E-state index in [1.54, 1.807) is 57.5 Å². The van der Waals surface area contributed by atoms with E-state index in [9.17, 15) is 10.2 Å². The molecule has 7 heteroatoms. The van der Waals surface area contributed by atoms with Crippen LogP contribution in [0.25, 0.3) is 0 Å². The Labute approximate surface area is 197 Å². The molecular formula is C24H24ClCuNO4. The molecule has 1 atom stereocenters. The van der Waals surface area contributed by atoms with E-state index in [2.05, 4.69) is 4.99 Å². The van der Waals surface area contributed by atoms with Crippen molar-refractivity contribution in [3.8, 4) is 17.2 Å². The van der Waals surface area contributed by atoms with Crippen molar-refractivity contribution in [3.63, 3.8) is 0 Å². The van der Waals surface area contributed by atoms with Crippen LogP contribution in [0.3, 0.4) is 0 Å². The number of aliphatic imine (C=N–C) groups is 1. The second kappa shape index (κ2) is 10.7. The third-order valence-electron chi connectivity index (χ3n) is 5.07. The van der Waals surface area contributed by atoms with Crippen molar-refractivity contribution >= 4 is 17.8 Å². The molecule has 1 radical (unpaired) electrons. The SMILES string of the molecule is COc1ccccc1C(O)(c1ccccc1OC)[C@@H](C)N=Cc1cc(Cl)ccc1O.[Cu]. The second-order valence-corrected chi connectivity index (χ2v) is 7.26. The van der Waals surface area contributed by atoms with E-state index in [1.165, 1.54) is 12.3 Å². The maximum atomic E-state index is 12.1. The summed E-state index contributed by atoms with van der Waals surface area (Å²) >= 11 is 6.04. The van der Waals surface area contributed by atoms with E-state index in [0.29, 0.717) is 33.2 Å². The van der Waals surface area contributed by atoms with Gasteiger partial charge in [-0.1, -0.05) is 48.0 Å². The van der Waals surface area contributed by atoms with E-state index in [1.807, 2.05) is 24.3 Å². The molecule has 3 rings (SSSR count). The molecule has 0 aliphatic carbocycles. The van der Waals surface area contributed by atoms with E-state index in [-0.39, 0.29) is 22.8 Å². The molecule has 0 unspecified atom stereocenters. The van der Waals surface area contributed by atoms with Crippen LogP contribution in [0.5, 0.6) is 17.2 Å². The van der Waals surface area contributed by atoms with Crippen LogP contribution in [0, 0.1) is 0 Å². The molecule has 0 bridgehead atoms. The Morgan fingerprint density at radius 1 is 0.935 bits per heavy atom. The Balaban J connectivity index is 0.00000341. The van der Waals surface area contributed by atoms with Crippen molar-refractivity contribution in [3.05, 3.63) is 88.4 Å². The number of phenolic OH excluding ortho intramolecular Hbond substituents is 1. The molecule has 31 heavy (non-hydrogen) atoms. The number of aliphatic hydroxyl groups is 1. The Morgan fingerprint density at radius 2 is 1.45 bits per heavy atom. The fourth-order valence-electron chi connectivity index (χ4n) is 3.44. The molecule has 0 amide bonds. The summed E-state index contributed by atoms with van der Waals surface area (Å²) in [6.45, 7) is 1.79. The monoisotopic (exact) mass is 488 g/mol. The minimum atomic E-state index is -1.57. The van der Waals surface area contributed by atoms with Gasteiger partial charge in [0.15, 0.2) is 0 Å². The Bertz CT molecular complexity index is 1010. The van der Waals surface area contributed by atoms with Crippen LogP contribution in [0.2, 0.25) is 5.02 Å². The average Bonchev–Trinajstić information content (AvgIpc) is 2.78. The van der Waals surface area contributed by atoms with Crippen LogP contribution in [-0.2, 0) is 22.7 Å². The summed E-state index contributed by atoms with van der Waals surface area (Å²) in [4.78, 5) is 4.57. The largest absolute Gasteiger partial charge is 0.507 e. The molecule has 0 heterocycles. The minimum Gasteiger partial charge on any atom is -0.507 e. The van der Waals surface area contributed by atoms with Gasteiger partial charge in [-0.3, -0.25) is 4.99 Å². The van der Waals surface area contributed by atoms with Crippen LogP contribution in [0.4, 0.5) is 0 Å². The Kier molecular flexibility index (Phi) is 8.54. The number of hydrogen-bond acceptors (Lipinski definition) is 5. The van der Waals surface area contributed by atoms with Gasteiger partial charge < -0.3 is 19.7 Å². The number of aromatic hydroxyl groups is 1. The van der Waals surface area contributed by atoms with Gasteiger partial charge in [0.2, 0.25) is 0 Å². The predicted octanol–water partition coefficient (Wildman–Crippen LogP) is 4.80. The summed E-state index contributed by atoms with van der Waals surface area (Å²) < 4.78 is 11.0. The number of nitrogens with zero attached hydrogens (tertiary/aromatic N) is 1. The van der Waals surface area contributed by atoms with Gasteiger partial charge in [-0.05, 0) is 37.3 Å². The summed E-state index contributed by atoms with van der Waals surface area (Å²) in [6.07, 6.45) is 1.50. The molecule has 0 aromatic heterocycles. The van der Waals surface area contributed by atoms with Crippen LogP contribution in [0.15, 0.2) is 71.7 Å². The molecule has 0 aliphatic rings. The van der Waals surface area contributed by atoms with Gasteiger partial charge in [0, 0.05) is 45.0 Å². The molecule has 0 spiro atoms. The first-order chi connectivity index (χ1) is 14.4. The van der Waals surface area contributed by atoms with Crippen LogP contribution in [0.1, 0.15) is 23.6 Å². The minimum absolute atomic E-state index is 0. The maximum Gasteiger partial charge on any atom is 0.144 e. The van der Waals surface area contributed by atoms with Crippen LogP contribution >= 0.6 is 11.6 Å². The summed E-state index contributed by atoms with van der Waals surface area (Å²) in [5.41, 5.74) is -0.00475. The number of methoxy groups -OCH3 is 2. The number of ether oxygens (including phenoxy) is 2. The normalized spacial score (nSPS) is 12.3. The molecule has 0 aliphatic heterocycles. The first kappa shape index (κ1) is 24.8. The van der Waals surface area contributed by atoms with Crippen molar-refractivity contribution < 1.29 is 36.8 Å². The second-order valence-electron chi connectivity index (χ2n) is 6.82. The molecule has 0 saturated heterocycles. The fraction of sp³-hybridized carbons (Fsp3) is 0.208.